The Labute approximate surface area is 168 Å². The maximum atomic E-state index is 12.4. The molecule has 0 aliphatic rings. The molecule has 5 nitrogen and oxygen atoms in total. The first-order valence-corrected chi connectivity index (χ1v) is 11.5. The number of esters is 1. The summed E-state index contributed by atoms with van der Waals surface area (Å²) in [5.41, 5.74) is 2.93. The summed E-state index contributed by atoms with van der Waals surface area (Å²) >= 11 is 1.47. The van der Waals surface area contributed by atoms with Crippen molar-refractivity contribution in [2.24, 2.45) is 0 Å². The molecular weight excluding hydrogens is 394 g/mol. The maximum absolute atomic E-state index is 12.4. The fourth-order valence-electron chi connectivity index (χ4n) is 2.69. The van der Waals surface area contributed by atoms with Crippen molar-refractivity contribution in [1.29, 1.82) is 0 Å². The van der Waals surface area contributed by atoms with Gasteiger partial charge in [-0.1, -0.05) is 50.2 Å². The van der Waals surface area contributed by atoms with Crippen molar-refractivity contribution in [3.8, 4) is 10.6 Å². The Hall–Kier alpha value is -2.51. The number of carbonyl (C=O) groups excluding carboxylic acids is 1. The van der Waals surface area contributed by atoms with E-state index in [1.165, 1.54) is 29.0 Å². The first kappa shape index (κ1) is 20.2. The molecular formula is C21H21NO4S2. The molecule has 0 saturated heterocycles. The van der Waals surface area contributed by atoms with E-state index in [0.717, 1.165) is 16.8 Å². The van der Waals surface area contributed by atoms with E-state index in [0.29, 0.717) is 11.6 Å². The van der Waals surface area contributed by atoms with Crippen molar-refractivity contribution < 1.29 is 17.9 Å². The summed E-state index contributed by atoms with van der Waals surface area (Å²) in [6, 6.07) is 14.3. The van der Waals surface area contributed by atoms with E-state index in [2.05, 4.69) is 31.0 Å². The molecule has 28 heavy (non-hydrogen) atoms. The highest BCUT2D eigenvalue weighted by atomic mass is 32.2. The molecule has 0 saturated carbocycles. The number of benzene rings is 2. The van der Waals surface area contributed by atoms with E-state index in [4.69, 9.17) is 4.74 Å². The van der Waals surface area contributed by atoms with Crippen LogP contribution in [0.3, 0.4) is 0 Å². The minimum atomic E-state index is -3.52. The summed E-state index contributed by atoms with van der Waals surface area (Å²) in [6.07, 6.45) is 1.07. The van der Waals surface area contributed by atoms with Crippen molar-refractivity contribution in [3.63, 3.8) is 0 Å². The highest BCUT2D eigenvalue weighted by molar-refractivity contribution is 7.90. The summed E-state index contributed by atoms with van der Waals surface area (Å²) in [4.78, 5) is 16.8. The van der Waals surface area contributed by atoms with Crippen LogP contribution in [0, 0.1) is 0 Å². The van der Waals surface area contributed by atoms with Crippen molar-refractivity contribution in [2.45, 2.75) is 31.3 Å². The van der Waals surface area contributed by atoms with Crippen molar-refractivity contribution in [1.82, 2.24) is 4.98 Å². The molecule has 146 valence electrons. The van der Waals surface area contributed by atoms with Gasteiger partial charge in [0.05, 0.1) is 16.2 Å². The molecule has 0 N–H and O–H groups in total. The molecule has 3 rings (SSSR count). The number of hydrogen-bond acceptors (Lipinski definition) is 6. The van der Waals surface area contributed by atoms with Crippen molar-refractivity contribution in [2.75, 3.05) is 6.26 Å². The first-order valence-electron chi connectivity index (χ1n) is 8.76. The van der Waals surface area contributed by atoms with E-state index < -0.39 is 15.8 Å². The second kappa shape index (κ2) is 8.24. The van der Waals surface area contributed by atoms with Gasteiger partial charge in [-0.25, -0.2) is 18.2 Å². The van der Waals surface area contributed by atoms with Gasteiger partial charge in [-0.15, -0.1) is 11.3 Å². The lowest BCUT2D eigenvalue weighted by Crippen LogP contribution is -2.11. The Kier molecular flexibility index (Phi) is 5.96. The highest BCUT2D eigenvalue weighted by Gasteiger charge is 2.19. The molecule has 7 heteroatoms. The molecule has 0 atom stereocenters. The van der Waals surface area contributed by atoms with Gasteiger partial charge in [0, 0.05) is 17.2 Å². The van der Waals surface area contributed by atoms with E-state index in [1.807, 2.05) is 17.5 Å². The van der Waals surface area contributed by atoms with Crippen LogP contribution in [0.5, 0.6) is 0 Å². The van der Waals surface area contributed by atoms with Gasteiger partial charge >= 0.3 is 5.97 Å². The standard InChI is InChI=1S/C21H21NO4S2/c1-14(2)15-8-10-16(11-9-15)20-22-17(13-27-20)12-26-21(23)18-6-4-5-7-19(18)28(3,24)25/h4-11,13-14H,12H2,1-3H3. The van der Waals surface area contributed by atoms with Gasteiger partial charge in [0.25, 0.3) is 0 Å². The van der Waals surface area contributed by atoms with Gasteiger partial charge in [-0.2, -0.15) is 0 Å². The summed E-state index contributed by atoms with van der Waals surface area (Å²) in [6.45, 7) is 4.27. The lowest BCUT2D eigenvalue weighted by molar-refractivity contribution is 0.0464. The molecule has 1 heterocycles. The Bertz CT molecular complexity index is 1080. The fourth-order valence-corrected chi connectivity index (χ4v) is 4.38. The topological polar surface area (TPSA) is 73.3 Å². The normalized spacial score (nSPS) is 11.6. The number of thiazole rings is 1. The SMILES string of the molecule is CC(C)c1ccc(-c2nc(COC(=O)c3ccccc3S(C)(=O)=O)cs2)cc1. The lowest BCUT2D eigenvalue weighted by Gasteiger charge is -2.07. The van der Waals surface area contributed by atoms with Crippen LogP contribution in [-0.4, -0.2) is 25.6 Å². The molecule has 0 spiro atoms. The first-order chi connectivity index (χ1) is 13.3. The molecule has 0 radical (unpaired) electrons. The Balaban J connectivity index is 1.71. The maximum Gasteiger partial charge on any atom is 0.339 e. The number of ether oxygens (including phenoxy) is 1. The van der Waals surface area contributed by atoms with Gasteiger partial charge in [0.1, 0.15) is 11.6 Å². The Morgan fingerprint density at radius 3 is 2.43 bits per heavy atom. The van der Waals surface area contributed by atoms with E-state index >= 15 is 0 Å². The Morgan fingerprint density at radius 1 is 1.11 bits per heavy atom. The van der Waals surface area contributed by atoms with Crippen LogP contribution in [0.25, 0.3) is 10.6 Å². The van der Waals surface area contributed by atoms with Crippen molar-refractivity contribution in [3.05, 3.63) is 70.7 Å². The average Bonchev–Trinajstić information content (AvgIpc) is 3.14. The summed E-state index contributed by atoms with van der Waals surface area (Å²) < 4.78 is 29.0. The third-order valence-corrected chi connectivity index (χ3v) is 6.33. The van der Waals surface area contributed by atoms with Crippen LogP contribution in [0.2, 0.25) is 0 Å². The minimum absolute atomic E-state index is 0.0164. The third-order valence-electron chi connectivity index (χ3n) is 4.23. The second-order valence-corrected chi connectivity index (χ2v) is 9.61. The van der Waals surface area contributed by atoms with Crippen LogP contribution in [0.1, 0.15) is 41.4 Å². The van der Waals surface area contributed by atoms with Crippen molar-refractivity contribution >= 4 is 27.1 Å². The molecule has 0 unspecified atom stereocenters. The molecule has 0 aliphatic carbocycles. The zero-order chi connectivity index (χ0) is 20.3. The number of carbonyl (C=O) groups is 1. The van der Waals surface area contributed by atoms with Gasteiger partial charge in [0.15, 0.2) is 9.84 Å². The van der Waals surface area contributed by atoms with Gasteiger partial charge in [-0.05, 0) is 23.6 Å². The predicted octanol–water partition coefficient (Wildman–Crippen LogP) is 4.69. The Morgan fingerprint density at radius 2 is 1.79 bits per heavy atom. The summed E-state index contributed by atoms with van der Waals surface area (Å²) in [7, 11) is -3.52. The van der Waals surface area contributed by atoms with Gasteiger partial charge in [-0.3, -0.25) is 0 Å². The smallest absolute Gasteiger partial charge is 0.339 e. The van der Waals surface area contributed by atoms with Crippen LogP contribution in [-0.2, 0) is 21.2 Å². The van der Waals surface area contributed by atoms with E-state index in [9.17, 15) is 13.2 Å². The fraction of sp³-hybridized carbons (Fsp3) is 0.238. The van der Waals surface area contributed by atoms with E-state index in [1.54, 1.807) is 12.1 Å². The van der Waals surface area contributed by atoms with Crippen LogP contribution < -0.4 is 0 Å². The summed E-state index contributed by atoms with van der Waals surface area (Å²) in [5, 5.41) is 2.68. The molecule has 2 aromatic carbocycles. The summed E-state index contributed by atoms with van der Waals surface area (Å²) in [5.74, 6) is -0.216. The number of hydrogen-bond donors (Lipinski definition) is 0. The zero-order valence-corrected chi connectivity index (χ0v) is 17.5. The van der Waals surface area contributed by atoms with Crippen LogP contribution in [0.15, 0.2) is 58.8 Å². The number of rotatable bonds is 6. The van der Waals surface area contributed by atoms with Gasteiger partial charge < -0.3 is 4.74 Å². The number of sulfone groups is 1. The quantitative estimate of drug-likeness (QED) is 0.546. The number of nitrogens with zero attached hydrogens (tertiary/aromatic N) is 1. The lowest BCUT2D eigenvalue weighted by atomic mass is 10.0. The average molecular weight is 416 g/mol. The molecule has 0 bridgehead atoms. The van der Waals surface area contributed by atoms with E-state index in [-0.39, 0.29) is 17.1 Å². The highest BCUT2D eigenvalue weighted by Crippen LogP contribution is 2.26. The predicted molar refractivity (Wildman–Crippen MR) is 110 cm³/mol. The van der Waals surface area contributed by atoms with Crippen LogP contribution >= 0.6 is 11.3 Å². The molecule has 3 aromatic rings. The van der Waals surface area contributed by atoms with Gasteiger partial charge in [0.2, 0.25) is 0 Å². The minimum Gasteiger partial charge on any atom is -0.456 e. The molecule has 0 fully saturated rings. The van der Waals surface area contributed by atoms with Crippen LogP contribution in [0.4, 0.5) is 0 Å². The molecule has 0 amide bonds. The zero-order valence-electron chi connectivity index (χ0n) is 15.9. The monoisotopic (exact) mass is 415 g/mol. The number of aromatic nitrogens is 1. The second-order valence-electron chi connectivity index (χ2n) is 6.77. The molecule has 1 aromatic heterocycles. The molecule has 0 aliphatic heterocycles. The largest absolute Gasteiger partial charge is 0.456 e. The third kappa shape index (κ3) is 4.66.